The number of hydrogen-bond donors (Lipinski definition) is 0. The number of piperazine rings is 1. The third kappa shape index (κ3) is 4.51. The fraction of sp³-hybridized carbons (Fsp3) is 0.261. The van der Waals surface area contributed by atoms with Crippen LogP contribution in [-0.4, -0.2) is 58.1 Å². The second-order valence-electron chi connectivity index (χ2n) is 7.11. The molecule has 0 bridgehead atoms. The first-order valence-electron chi connectivity index (χ1n) is 9.87. The van der Waals surface area contributed by atoms with E-state index in [1.54, 1.807) is 0 Å². The first-order valence-corrected chi connectivity index (χ1v) is 11.5. The SMILES string of the molecule is CSc1ncc(Cl)c(C(=O)N2CCN(C(c3ccccc3)c3ccccc3)CC2)n1. The highest BCUT2D eigenvalue weighted by Gasteiger charge is 2.29. The molecule has 0 aliphatic carbocycles. The number of benzene rings is 2. The quantitative estimate of drug-likeness (QED) is 0.436. The van der Waals surface area contributed by atoms with Gasteiger partial charge in [0.15, 0.2) is 10.9 Å². The van der Waals surface area contributed by atoms with Crippen molar-refractivity contribution in [1.29, 1.82) is 0 Å². The molecule has 2 aromatic carbocycles. The summed E-state index contributed by atoms with van der Waals surface area (Å²) in [6.07, 6.45) is 3.38. The molecule has 1 amide bonds. The zero-order valence-electron chi connectivity index (χ0n) is 16.7. The van der Waals surface area contributed by atoms with Crippen molar-refractivity contribution in [2.24, 2.45) is 0 Å². The van der Waals surface area contributed by atoms with Gasteiger partial charge in [-0.15, -0.1) is 0 Å². The van der Waals surface area contributed by atoms with E-state index in [2.05, 4.69) is 63.4 Å². The van der Waals surface area contributed by atoms with Gasteiger partial charge >= 0.3 is 0 Å². The lowest BCUT2D eigenvalue weighted by Crippen LogP contribution is -2.50. The van der Waals surface area contributed by atoms with Crippen LogP contribution in [0.15, 0.2) is 72.0 Å². The van der Waals surface area contributed by atoms with Gasteiger partial charge in [0.2, 0.25) is 0 Å². The number of nitrogens with zero attached hydrogens (tertiary/aromatic N) is 4. The molecule has 2 heterocycles. The number of aromatic nitrogens is 2. The molecule has 0 saturated carbocycles. The van der Waals surface area contributed by atoms with E-state index in [4.69, 9.17) is 11.6 Å². The Morgan fingerprint density at radius 1 is 0.967 bits per heavy atom. The van der Waals surface area contributed by atoms with Gasteiger partial charge in [-0.3, -0.25) is 9.69 Å². The summed E-state index contributed by atoms with van der Waals surface area (Å²) in [5.74, 6) is -0.131. The molecule has 1 saturated heterocycles. The van der Waals surface area contributed by atoms with E-state index in [0.717, 1.165) is 13.1 Å². The summed E-state index contributed by atoms with van der Waals surface area (Å²) in [6.45, 7) is 2.81. The van der Waals surface area contributed by atoms with Crippen LogP contribution in [0.25, 0.3) is 0 Å². The minimum absolute atomic E-state index is 0.131. The Balaban J connectivity index is 1.52. The van der Waals surface area contributed by atoms with Crippen LogP contribution in [0.3, 0.4) is 0 Å². The molecule has 1 fully saturated rings. The maximum absolute atomic E-state index is 13.0. The fourth-order valence-corrected chi connectivity index (χ4v) is 4.33. The monoisotopic (exact) mass is 438 g/mol. The zero-order valence-corrected chi connectivity index (χ0v) is 18.3. The predicted octanol–water partition coefficient (Wildman–Crippen LogP) is 4.40. The van der Waals surface area contributed by atoms with Crippen LogP contribution in [0.1, 0.15) is 27.7 Å². The molecule has 4 rings (SSSR count). The van der Waals surface area contributed by atoms with Crippen molar-refractivity contribution in [2.75, 3.05) is 32.4 Å². The highest BCUT2D eigenvalue weighted by molar-refractivity contribution is 7.98. The molecule has 1 aromatic heterocycles. The van der Waals surface area contributed by atoms with Gasteiger partial charge in [0.05, 0.1) is 17.3 Å². The van der Waals surface area contributed by atoms with Crippen molar-refractivity contribution in [2.45, 2.75) is 11.2 Å². The summed E-state index contributed by atoms with van der Waals surface area (Å²) < 4.78 is 0. The number of rotatable bonds is 5. The summed E-state index contributed by atoms with van der Waals surface area (Å²) in [4.78, 5) is 25.8. The topological polar surface area (TPSA) is 49.3 Å². The average Bonchev–Trinajstić information content (AvgIpc) is 2.81. The minimum Gasteiger partial charge on any atom is -0.335 e. The van der Waals surface area contributed by atoms with Crippen LogP contribution in [0.4, 0.5) is 0 Å². The molecule has 3 aromatic rings. The van der Waals surface area contributed by atoms with E-state index in [1.165, 1.54) is 29.1 Å². The summed E-state index contributed by atoms with van der Waals surface area (Å²) in [7, 11) is 0. The van der Waals surface area contributed by atoms with Gasteiger partial charge in [-0.1, -0.05) is 84.0 Å². The lowest BCUT2D eigenvalue weighted by atomic mass is 9.96. The summed E-state index contributed by atoms with van der Waals surface area (Å²) in [6, 6.07) is 21.2. The van der Waals surface area contributed by atoms with Crippen molar-refractivity contribution in [3.8, 4) is 0 Å². The first-order chi connectivity index (χ1) is 14.7. The summed E-state index contributed by atoms with van der Waals surface area (Å²) in [5.41, 5.74) is 2.80. The highest BCUT2D eigenvalue weighted by Crippen LogP contribution is 2.30. The van der Waals surface area contributed by atoms with Crippen molar-refractivity contribution < 1.29 is 4.79 Å². The largest absolute Gasteiger partial charge is 0.335 e. The lowest BCUT2D eigenvalue weighted by Gasteiger charge is -2.39. The summed E-state index contributed by atoms with van der Waals surface area (Å²) in [5, 5.41) is 0.848. The molecule has 154 valence electrons. The van der Waals surface area contributed by atoms with Crippen LogP contribution in [0.5, 0.6) is 0 Å². The van der Waals surface area contributed by atoms with Crippen LogP contribution in [0.2, 0.25) is 5.02 Å². The molecule has 7 heteroatoms. The van der Waals surface area contributed by atoms with E-state index < -0.39 is 0 Å². The molecular formula is C23H23ClN4OS. The van der Waals surface area contributed by atoms with Gasteiger partial charge in [0.25, 0.3) is 5.91 Å². The lowest BCUT2D eigenvalue weighted by molar-refractivity contribution is 0.0591. The smallest absolute Gasteiger partial charge is 0.274 e. The molecule has 0 radical (unpaired) electrons. The van der Waals surface area contributed by atoms with Crippen LogP contribution in [-0.2, 0) is 0 Å². The highest BCUT2D eigenvalue weighted by atomic mass is 35.5. The molecular weight excluding hydrogens is 416 g/mol. The molecule has 0 atom stereocenters. The van der Waals surface area contributed by atoms with Gasteiger partial charge in [0, 0.05) is 26.2 Å². The van der Waals surface area contributed by atoms with Crippen LogP contribution in [0, 0.1) is 0 Å². The number of halogens is 1. The number of carbonyl (C=O) groups excluding carboxylic acids is 1. The van der Waals surface area contributed by atoms with Crippen molar-refractivity contribution in [3.05, 3.63) is 88.7 Å². The Kier molecular flexibility index (Phi) is 6.67. The molecule has 0 N–H and O–H groups in total. The van der Waals surface area contributed by atoms with E-state index in [9.17, 15) is 4.79 Å². The predicted molar refractivity (Wildman–Crippen MR) is 121 cm³/mol. The Morgan fingerprint density at radius 2 is 1.53 bits per heavy atom. The molecule has 30 heavy (non-hydrogen) atoms. The Labute approximate surface area is 186 Å². The van der Waals surface area contributed by atoms with E-state index in [0.29, 0.717) is 23.3 Å². The van der Waals surface area contributed by atoms with Gasteiger partial charge in [-0.2, -0.15) is 0 Å². The molecule has 0 spiro atoms. The number of carbonyl (C=O) groups is 1. The standard InChI is InChI=1S/C23H23ClN4OS/c1-30-23-25-16-19(24)20(26-23)22(29)28-14-12-27(13-15-28)21(17-8-4-2-5-9-17)18-10-6-3-7-11-18/h2-11,16,21H,12-15H2,1H3. The second-order valence-corrected chi connectivity index (χ2v) is 8.29. The third-order valence-electron chi connectivity index (χ3n) is 5.30. The van der Waals surface area contributed by atoms with Gasteiger partial charge in [-0.05, 0) is 17.4 Å². The van der Waals surface area contributed by atoms with Gasteiger partial charge < -0.3 is 4.90 Å². The number of thioether (sulfide) groups is 1. The maximum atomic E-state index is 13.0. The average molecular weight is 439 g/mol. The van der Waals surface area contributed by atoms with E-state index in [-0.39, 0.29) is 17.6 Å². The Hall–Kier alpha value is -2.41. The number of hydrogen-bond acceptors (Lipinski definition) is 5. The zero-order chi connectivity index (χ0) is 20.9. The molecule has 5 nitrogen and oxygen atoms in total. The van der Waals surface area contributed by atoms with E-state index >= 15 is 0 Å². The van der Waals surface area contributed by atoms with Crippen molar-refractivity contribution in [1.82, 2.24) is 19.8 Å². The van der Waals surface area contributed by atoms with Crippen LogP contribution < -0.4 is 0 Å². The fourth-order valence-electron chi connectivity index (χ4n) is 3.82. The minimum atomic E-state index is -0.131. The third-order valence-corrected chi connectivity index (χ3v) is 6.14. The Morgan fingerprint density at radius 3 is 2.07 bits per heavy atom. The van der Waals surface area contributed by atoms with Gasteiger partial charge in [0.1, 0.15) is 0 Å². The summed E-state index contributed by atoms with van der Waals surface area (Å²) >= 11 is 7.61. The number of amides is 1. The van der Waals surface area contributed by atoms with Gasteiger partial charge in [-0.25, -0.2) is 9.97 Å². The second kappa shape index (κ2) is 9.60. The first kappa shape index (κ1) is 20.8. The van der Waals surface area contributed by atoms with Crippen molar-refractivity contribution in [3.63, 3.8) is 0 Å². The van der Waals surface area contributed by atoms with E-state index in [1.807, 2.05) is 23.3 Å². The maximum Gasteiger partial charge on any atom is 0.274 e. The normalized spacial score (nSPS) is 14.8. The molecule has 1 aliphatic heterocycles. The molecule has 0 unspecified atom stereocenters. The Bertz CT molecular complexity index is 955. The van der Waals surface area contributed by atoms with Crippen molar-refractivity contribution >= 4 is 29.3 Å². The molecule has 1 aliphatic rings. The van der Waals surface area contributed by atoms with Crippen LogP contribution >= 0.6 is 23.4 Å².